The SMILES string of the molecule is CCCCn1[nH]c(-c2ccccc2)c(-c2ccc(C)cc2)c1=O. The molecule has 0 aliphatic heterocycles. The molecule has 0 aliphatic rings. The molecule has 1 heterocycles. The summed E-state index contributed by atoms with van der Waals surface area (Å²) in [7, 11) is 0. The maximum atomic E-state index is 12.9. The van der Waals surface area contributed by atoms with Gasteiger partial charge in [0.15, 0.2) is 0 Å². The Kier molecular flexibility index (Phi) is 4.47. The standard InChI is InChI=1S/C20H22N2O/c1-3-4-14-22-20(23)18(16-12-10-15(2)11-13-16)19(21-22)17-8-6-5-7-9-17/h5-13,21H,3-4,14H2,1-2H3. The molecule has 0 saturated heterocycles. The Morgan fingerprint density at radius 3 is 2.30 bits per heavy atom. The van der Waals surface area contributed by atoms with Crippen molar-refractivity contribution in [1.82, 2.24) is 9.78 Å². The summed E-state index contributed by atoms with van der Waals surface area (Å²) in [5.41, 5.74) is 4.90. The Hall–Kier alpha value is -2.55. The summed E-state index contributed by atoms with van der Waals surface area (Å²) >= 11 is 0. The van der Waals surface area contributed by atoms with Crippen molar-refractivity contribution in [2.75, 3.05) is 0 Å². The van der Waals surface area contributed by atoms with E-state index in [4.69, 9.17) is 0 Å². The van der Waals surface area contributed by atoms with Crippen molar-refractivity contribution in [2.45, 2.75) is 33.2 Å². The number of rotatable bonds is 5. The average molecular weight is 306 g/mol. The first kappa shape index (κ1) is 15.3. The monoisotopic (exact) mass is 306 g/mol. The lowest BCUT2D eigenvalue weighted by Gasteiger charge is -2.03. The highest BCUT2D eigenvalue weighted by Crippen LogP contribution is 2.28. The molecule has 0 spiro atoms. The molecule has 2 aromatic carbocycles. The van der Waals surface area contributed by atoms with E-state index in [1.54, 1.807) is 4.68 Å². The number of H-pyrrole nitrogens is 1. The van der Waals surface area contributed by atoms with Gasteiger partial charge in [0, 0.05) is 12.1 Å². The van der Waals surface area contributed by atoms with E-state index >= 15 is 0 Å². The second-order valence-corrected chi connectivity index (χ2v) is 5.90. The predicted molar refractivity (Wildman–Crippen MR) is 95.6 cm³/mol. The maximum Gasteiger partial charge on any atom is 0.274 e. The van der Waals surface area contributed by atoms with Crippen LogP contribution in [0, 0.1) is 6.92 Å². The quantitative estimate of drug-likeness (QED) is 0.734. The number of nitrogens with zero attached hydrogens (tertiary/aromatic N) is 1. The summed E-state index contributed by atoms with van der Waals surface area (Å²) in [6.07, 6.45) is 2.05. The Labute approximate surface area is 136 Å². The molecule has 1 N–H and O–H groups in total. The van der Waals surface area contributed by atoms with E-state index in [1.807, 2.05) is 54.6 Å². The number of hydrogen-bond acceptors (Lipinski definition) is 1. The van der Waals surface area contributed by atoms with Crippen LogP contribution in [0.25, 0.3) is 22.4 Å². The fraction of sp³-hybridized carbons (Fsp3) is 0.250. The normalized spacial score (nSPS) is 10.9. The Balaban J connectivity index is 2.17. The van der Waals surface area contributed by atoms with Gasteiger partial charge in [0.05, 0.1) is 11.3 Å². The van der Waals surface area contributed by atoms with Gasteiger partial charge < -0.3 is 0 Å². The van der Waals surface area contributed by atoms with Crippen molar-refractivity contribution < 1.29 is 0 Å². The first-order chi connectivity index (χ1) is 11.2. The van der Waals surface area contributed by atoms with Gasteiger partial charge in [-0.25, -0.2) is 0 Å². The highest BCUT2D eigenvalue weighted by molar-refractivity contribution is 5.80. The van der Waals surface area contributed by atoms with Crippen molar-refractivity contribution in [2.24, 2.45) is 0 Å². The van der Waals surface area contributed by atoms with Crippen LogP contribution in [0.15, 0.2) is 59.4 Å². The molecule has 0 unspecified atom stereocenters. The van der Waals surface area contributed by atoms with Crippen molar-refractivity contribution in [3.63, 3.8) is 0 Å². The van der Waals surface area contributed by atoms with E-state index in [2.05, 4.69) is 18.9 Å². The molecular formula is C20H22N2O. The van der Waals surface area contributed by atoms with Gasteiger partial charge in [-0.1, -0.05) is 73.5 Å². The number of aromatic nitrogens is 2. The van der Waals surface area contributed by atoms with Crippen LogP contribution in [0.1, 0.15) is 25.3 Å². The van der Waals surface area contributed by atoms with Gasteiger partial charge in [-0.05, 0) is 18.9 Å². The molecule has 0 amide bonds. The number of nitrogens with one attached hydrogen (secondary N) is 1. The van der Waals surface area contributed by atoms with Gasteiger partial charge in [-0.3, -0.25) is 14.6 Å². The Morgan fingerprint density at radius 1 is 0.957 bits per heavy atom. The van der Waals surface area contributed by atoms with E-state index < -0.39 is 0 Å². The zero-order chi connectivity index (χ0) is 16.2. The second-order valence-electron chi connectivity index (χ2n) is 5.90. The molecule has 0 aliphatic carbocycles. The van der Waals surface area contributed by atoms with Gasteiger partial charge in [0.2, 0.25) is 0 Å². The van der Waals surface area contributed by atoms with Crippen LogP contribution in [-0.4, -0.2) is 9.78 Å². The summed E-state index contributed by atoms with van der Waals surface area (Å²) in [4.78, 5) is 12.9. The molecule has 23 heavy (non-hydrogen) atoms. The number of aromatic amines is 1. The van der Waals surface area contributed by atoms with E-state index in [1.165, 1.54) is 5.56 Å². The topological polar surface area (TPSA) is 37.8 Å². The van der Waals surface area contributed by atoms with Gasteiger partial charge in [-0.2, -0.15) is 0 Å². The van der Waals surface area contributed by atoms with Crippen LogP contribution in [0.2, 0.25) is 0 Å². The molecule has 3 rings (SSSR count). The number of hydrogen-bond donors (Lipinski definition) is 1. The van der Waals surface area contributed by atoms with E-state index in [0.29, 0.717) is 0 Å². The molecule has 0 fully saturated rings. The maximum absolute atomic E-state index is 12.9. The third-order valence-corrected chi connectivity index (χ3v) is 4.09. The lowest BCUT2D eigenvalue weighted by atomic mass is 10.0. The molecule has 0 radical (unpaired) electrons. The molecule has 0 bridgehead atoms. The zero-order valence-electron chi connectivity index (χ0n) is 13.7. The molecule has 0 atom stereocenters. The molecule has 3 aromatic rings. The van der Waals surface area contributed by atoms with Gasteiger partial charge in [0.25, 0.3) is 5.56 Å². The van der Waals surface area contributed by atoms with Crippen molar-refractivity contribution >= 4 is 0 Å². The van der Waals surface area contributed by atoms with Crippen molar-refractivity contribution in [3.8, 4) is 22.4 Å². The molecule has 0 saturated carbocycles. The summed E-state index contributed by atoms with van der Waals surface area (Å²) in [6.45, 7) is 4.91. The van der Waals surface area contributed by atoms with Crippen LogP contribution < -0.4 is 5.56 Å². The van der Waals surface area contributed by atoms with Crippen molar-refractivity contribution in [3.05, 3.63) is 70.5 Å². The van der Waals surface area contributed by atoms with Gasteiger partial charge in [0.1, 0.15) is 0 Å². The van der Waals surface area contributed by atoms with Crippen LogP contribution in [0.5, 0.6) is 0 Å². The minimum atomic E-state index is 0.0566. The minimum Gasteiger partial charge on any atom is -0.294 e. The van der Waals surface area contributed by atoms with Crippen LogP contribution in [-0.2, 0) is 6.54 Å². The third-order valence-electron chi connectivity index (χ3n) is 4.09. The molecule has 118 valence electrons. The van der Waals surface area contributed by atoms with Gasteiger partial charge >= 0.3 is 0 Å². The molecule has 1 aromatic heterocycles. The predicted octanol–water partition coefficient (Wildman–Crippen LogP) is 4.62. The van der Waals surface area contributed by atoms with Gasteiger partial charge in [-0.15, -0.1) is 0 Å². The fourth-order valence-corrected chi connectivity index (χ4v) is 2.76. The lowest BCUT2D eigenvalue weighted by molar-refractivity contribution is 0.559. The second kappa shape index (κ2) is 6.69. The number of benzene rings is 2. The highest BCUT2D eigenvalue weighted by atomic mass is 16.1. The fourth-order valence-electron chi connectivity index (χ4n) is 2.76. The first-order valence-electron chi connectivity index (χ1n) is 8.16. The molecule has 3 heteroatoms. The van der Waals surface area contributed by atoms with E-state index in [9.17, 15) is 4.79 Å². The van der Waals surface area contributed by atoms with Crippen LogP contribution in [0.3, 0.4) is 0 Å². The third kappa shape index (κ3) is 3.14. The van der Waals surface area contributed by atoms with Crippen LogP contribution >= 0.6 is 0 Å². The Morgan fingerprint density at radius 2 is 1.65 bits per heavy atom. The molecular weight excluding hydrogens is 284 g/mol. The summed E-state index contributed by atoms with van der Waals surface area (Å²) in [5.74, 6) is 0. The first-order valence-corrected chi connectivity index (χ1v) is 8.16. The molecule has 3 nitrogen and oxygen atoms in total. The lowest BCUT2D eigenvalue weighted by Crippen LogP contribution is -2.17. The summed E-state index contributed by atoms with van der Waals surface area (Å²) in [5, 5.41) is 3.32. The highest BCUT2D eigenvalue weighted by Gasteiger charge is 2.17. The summed E-state index contributed by atoms with van der Waals surface area (Å²) in [6, 6.07) is 18.2. The largest absolute Gasteiger partial charge is 0.294 e. The smallest absolute Gasteiger partial charge is 0.274 e. The number of unbranched alkanes of at least 4 members (excludes halogenated alkanes) is 1. The average Bonchev–Trinajstić information content (AvgIpc) is 2.91. The summed E-state index contributed by atoms with van der Waals surface area (Å²) < 4.78 is 1.74. The van der Waals surface area contributed by atoms with Crippen molar-refractivity contribution in [1.29, 1.82) is 0 Å². The van der Waals surface area contributed by atoms with Crippen LogP contribution in [0.4, 0.5) is 0 Å². The number of aryl methyl sites for hydroxylation is 2. The zero-order valence-corrected chi connectivity index (χ0v) is 13.7. The minimum absolute atomic E-state index is 0.0566. The van der Waals surface area contributed by atoms with E-state index in [0.717, 1.165) is 41.8 Å². The Bertz CT molecular complexity index is 826. The van der Waals surface area contributed by atoms with E-state index in [-0.39, 0.29) is 5.56 Å².